The summed E-state index contributed by atoms with van der Waals surface area (Å²) in [6.07, 6.45) is 0. The Morgan fingerprint density at radius 2 is 2.36 bits per heavy atom. The number of rotatable bonds is 5. The van der Waals surface area contributed by atoms with E-state index in [-0.39, 0.29) is 18.4 Å². The minimum atomic E-state index is -0.447. The molecule has 14 heavy (non-hydrogen) atoms. The van der Waals surface area contributed by atoms with Gasteiger partial charge in [-0.2, -0.15) is 0 Å². The van der Waals surface area contributed by atoms with Crippen LogP contribution in [0.5, 0.6) is 0 Å². The molecule has 0 radical (unpaired) electrons. The number of halogens is 1. The number of nitrogens with zero attached hydrogens (tertiary/aromatic N) is 3. The van der Waals surface area contributed by atoms with Crippen LogP contribution in [0.4, 0.5) is 6.01 Å². The fraction of sp³-hybridized carbons (Fsp3) is 0.571. The molecular formula is C7H11ClN4O2. The molecule has 0 bridgehead atoms. The van der Waals surface area contributed by atoms with Crippen LogP contribution in [-0.2, 0) is 10.7 Å². The van der Waals surface area contributed by atoms with Crippen LogP contribution in [-0.4, -0.2) is 29.2 Å². The SMILES string of the molecule is CCN(CC(N)=O)c1nnc(CCl)o1. The number of carbonyl (C=O) groups is 1. The average molecular weight is 219 g/mol. The van der Waals surface area contributed by atoms with E-state index in [4.69, 9.17) is 21.8 Å². The first-order chi connectivity index (χ1) is 6.67. The van der Waals surface area contributed by atoms with Gasteiger partial charge in [0.05, 0.1) is 0 Å². The van der Waals surface area contributed by atoms with Crippen molar-refractivity contribution in [3.63, 3.8) is 0 Å². The molecule has 0 spiro atoms. The Balaban J connectivity index is 2.73. The number of carbonyl (C=O) groups excluding carboxylic acids is 1. The van der Waals surface area contributed by atoms with Crippen molar-refractivity contribution in [3.8, 4) is 0 Å². The zero-order valence-electron chi connectivity index (χ0n) is 7.73. The van der Waals surface area contributed by atoms with E-state index >= 15 is 0 Å². The maximum absolute atomic E-state index is 10.7. The van der Waals surface area contributed by atoms with Gasteiger partial charge >= 0.3 is 6.01 Å². The molecule has 0 saturated heterocycles. The van der Waals surface area contributed by atoms with E-state index in [1.807, 2.05) is 6.92 Å². The predicted molar refractivity (Wildman–Crippen MR) is 50.9 cm³/mol. The van der Waals surface area contributed by atoms with E-state index in [0.29, 0.717) is 12.4 Å². The van der Waals surface area contributed by atoms with E-state index in [2.05, 4.69) is 10.2 Å². The molecule has 1 rings (SSSR count). The summed E-state index contributed by atoms with van der Waals surface area (Å²) in [7, 11) is 0. The number of nitrogens with two attached hydrogens (primary N) is 1. The van der Waals surface area contributed by atoms with E-state index in [1.165, 1.54) is 0 Å². The van der Waals surface area contributed by atoms with Gasteiger partial charge in [-0.15, -0.1) is 16.7 Å². The molecule has 1 aromatic rings. The molecule has 1 heterocycles. The third kappa shape index (κ3) is 2.59. The monoisotopic (exact) mass is 218 g/mol. The topological polar surface area (TPSA) is 85.2 Å². The van der Waals surface area contributed by atoms with E-state index in [9.17, 15) is 4.79 Å². The summed E-state index contributed by atoms with van der Waals surface area (Å²) in [6, 6.07) is 0.266. The zero-order valence-corrected chi connectivity index (χ0v) is 8.49. The van der Waals surface area contributed by atoms with Crippen molar-refractivity contribution in [1.82, 2.24) is 10.2 Å². The maximum atomic E-state index is 10.7. The molecule has 0 fully saturated rings. The first-order valence-electron chi connectivity index (χ1n) is 4.09. The highest BCUT2D eigenvalue weighted by atomic mass is 35.5. The summed E-state index contributed by atoms with van der Waals surface area (Å²) in [5, 5.41) is 7.40. The third-order valence-electron chi connectivity index (χ3n) is 1.57. The van der Waals surface area contributed by atoms with Crippen LogP contribution in [0.15, 0.2) is 4.42 Å². The number of hydrogen-bond donors (Lipinski definition) is 1. The summed E-state index contributed by atoms with van der Waals surface area (Å²) >= 11 is 5.49. The number of hydrogen-bond acceptors (Lipinski definition) is 5. The van der Waals surface area contributed by atoms with Crippen molar-refractivity contribution in [1.29, 1.82) is 0 Å². The van der Waals surface area contributed by atoms with E-state index in [1.54, 1.807) is 4.90 Å². The van der Waals surface area contributed by atoms with Gasteiger partial charge in [-0.05, 0) is 6.92 Å². The van der Waals surface area contributed by atoms with Gasteiger partial charge in [0.1, 0.15) is 12.4 Å². The molecular weight excluding hydrogens is 208 g/mol. The highest BCUT2D eigenvalue weighted by Crippen LogP contribution is 2.12. The number of aromatic nitrogens is 2. The number of alkyl halides is 1. The fourth-order valence-corrected chi connectivity index (χ4v) is 1.04. The van der Waals surface area contributed by atoms with Crippen LogP contribution in [0, 0.1) is 0 Å². The van der Waals surface area contributed by atoms with Crippen molar-refractivity contribution >= 4 is 23.5 Å². The molecule has 0 aliphatic carbocycles. The summed E-state index contributed by atoms with van der Waals surface area (Å²) in [6.45, 7) is 2.47. The van der Waals surface area contributed by atoms with Crippen LogP contribution in [0.25, 0.3) is 0 Å². The summed E-state index contributed by atoms with van der Waals surface area (Å²) in [5.74, 6) is 0.0308. The largest absolute Gasteiger partial charge is 0.407 e. The predicted octanol–water partition coefficient (Wildman–Crippen LogP) is 0.120. The highest BCUT2D eigenvalue weighted by Gasteiger charge is 2.14. The van der Waals surface area contributed by atoms with Crippen molar-refractivity contribution in [2.24, 2.45) is 5.73 Å². The van der Waals surface area contributed by atoms with Crippen LogP contribution < -0.4 is 10.6 Å². The first kappa shape index (κ1) is 10.8. The van der Waals surface area contributed by atoms with Crippen molar-refractivity contribution in [3.05, 3.63) is 5.89 Å². The standard InChI is InChI=1S/C7H11ClN4O2/c1-2-12(4-5(9)13)7-11-10-6(3-8)14-7/h2-4H2,1H3,(H2,9,13). The van der Waals surface area contributed by atoms with Gasteiger partial charge in [0.15, 0.2) is 0 Å². The lowest BCUT2D eigenvalue weighted by Gasteiger charge is -2.14. The van der Waals surface area contributed by atoms with Gasteiger partial charge in [0.2, 0.25) is 11.8 Å². The molecule has 0 atom stereocenters. The minimum absolute atomic E-state index is 0.0560. The molecule has 0 saturated carbocycles. The second kappa shape index (κ2) is 4.80. The Bertz CT molecular complexity index is 314. The Morgan fingerprint density at radius 3 is 2.79 bits per heavy atom. The molecule has 78 valence electrons. The molecule has 1 amide bonds. The number of anilines is 1. The van der Waals surface area contributed by atoms with Crippen molar-refractivity contribution in [2.75, 3.05) is 18.0 Å². The molecule has 0 aromatic carbocycles. The van der Waals surface area contributed by atoms with Gasteiger partial charge in [0.25, 0.3) is 0 Å². The molecule has 0 aliphatic rings. The molecule has 6 nitrogen and oxygen atoms in total. The summed E-state index contributed by atoms with van der Waals surface area (Å²) in [5.41, 5.74) is 5.05. The Labute approximate surface area is 86.0 Å². The van der Waals surface area contributed by atoms with Crippen LogP contribution >= 0.6 is 11.6 Å². The molecule has 0 unspecified atom stereocenters. The molecule has 2 N–H and O–H groups in total. The Hall–Kier alpha value is -1.30. The van der Waals surface area contributed by atoms with Crippen LogP contribution in [0.1, 0.15) is 12.8 Å². The van der Waals surface area contributed by atoms with Gasteiger partial charge in [0, 0.05) is 6.54 Å². The van der Waals surface area contributed by atoms with Gasteiger partial charge in [-0.3, -0.25) is 4.79 Å². The number of amides is 1. The van der Waals surface area contributed by atoms with Crippen LogP contribution in [0.2, 0.25) is 0 Å². The number of primary amides is 1. The lowest BCUT2D eigenvalue weighted by Crippen LogP contribution is -2.33. The van der Waals surface area contributed by atoms with Gasteiger partial charge < -0.3 is 15.1 Å². The first-order valence-corrected chi connectivity index (χ1v) is 4.62. The normalized spacial score (nSPS) is 10.1. The minimum Gasteiger partial charge on any atom is -0.407 e. The van der Waals surface area contributed by atoms with E-state index < -0.39 is 5.91 Å². The third-order valence-corrected chi connectivity index (χ3v) is 1.80. The Kier molecular flexibility index (Phi) is 3.70. The summed E-state index contributed by atoms with van der Waals surface area (Å²) < 4.78 is 5.15. The average Bonchev–Trinajstić information content (AvgIpc) is 2.62. The Morgan fingerprint density at radius 1 is 1.64 bits per heavy atom. The fourth-order valence-electron chi connectivity index (χ4n) is 0.929. The zero-order chi connectivity index (χ0) is 10.6. The second-order valence-corrected chi connectivity index (χ2v) is 2.86. The summed E-state index contributed by atoms with van der Waals surface area (Å²) in [4.78, 5) is 12.3. The second-order valence-electron chi connectivity index (χ2n) is 2.59. The molecule has 7 heteroatoms. The molecule has 1 aromatic heterocycles. The smallest absolute Gasteiger partial charge is 0.318 e. The van der Waals surface area contributed by atoms with E-state index in [0.717, 1.165) is 0 Å². The van der Waals surface area contributed by atoms with Gasteiger partial charge in [-0.25, -0.2) is 0 Å². The number of likely N-dealkylation sites (N-methyl/N-ethyl adjacent to an activating group) is 1. The lowest BCUT2D eigenvalue weighted by atomic mass is 10.5. The van der Waals surface area contributed by atoms with Crippen molar-refractivity contribution in [2.45, 2.75) is 12.8 Å². The maximum Gasteiger partial charge on any atom is 0.318 e. The molecule has 0 aliphatic heterocycles. The van der Waals surface area contributed by atoms with Gasteiger partial charge in [-0.1, -0.05) is 5.10 Å². The quantitative estimate of drug-likeness (QED) is 0.710. The lowest BCUT2D eigenvalue weighted by molar-refractivity contribution is -0.116. The highest BCUT2D eigenvalue weighted by molar-refractivity contribution is 6.16. The van der Waals surface area contributed by atoms with Crippen molar-refractivity contribution < 1.29 is 9.21 Å². The van der Waals surface area contributed by atoms with Crippen LogP contribution in [0.3, 0.4) is 0 Å².